The highest BCUT2D eigenvalue weighted by Crippen LogP contribution is 2.34. The maximum Gasteiger partial charge on any atom is 0.167 e. The number of aliphatic hydroxyl groups is 2. The lowest BCUT2D eigenvalue weighted by Gasteiger charge is -2.17. The van der Waals surface area contributed by atoms with E-state index in [-0.39, 0.29) is 5.82 Å². The van der Waals surface area contributed by atoms with Gasteiger partial charge in [-0.3, -0.25) is 4.57 Å². The Labute approximate surface area is 142 Å². The van der Waals surface area contributed by atoms with Crippen molar-refractivity contribution in [3.63, 3.8) is 0 Å². The number of aliphatic hydroxyl groups excluding tert-OH is 2. The van der Waals surface area contributed by atoms with Gasteiger partial charge in [0.15, 0.2) is 17.7 Å². The number of nitrogens with zero attached hydrogens (tertiary/aromatic N) is 4. The molecule has 1 unspecified atom stereocenters. The van der Waals surface area contributed by atoms with E-state index in [1.54, 1.807) is 16.3 Å². The third kappa shape index (κ3) is 2.74. The molecule has 0 aliphatic carbocycles. The summed E-state index contributed by atoms with van der Waals surface area (Å²) < 4.78 is 7.52. The zero-order valence-electron chi connectivity index (χ0n) is 12.9. The van der Waals surface area contributed by atoms with Gasteiger partial charge in [-0.05, 0) is 13.0 Å². The van der Waals surface area contributed by atoms with Gasteiger partial charge in [0, 0.05) is 17.5 Å². The van der Waals surface area contributed by atoms with Crippen LogP contribution in [0, 0.1) is 0 Å². The van der Waals surface area contributed by atoms with Crippen LogP contribution in [0.15, 0.2) is 12.7 Å². The predicted octanol–water partition coefficient (Wildman–Crippen LogP) is -0.877. The van der Waals surface area contributed by atoms with Gasteiger partial charge < -0.3 is 26.0 Å². The highest BCUT2D eigenvalue weighted by atomic mass is 32.2. The van der Waals surface area contributed by atoms with Crippen LogP contribution in [0.25, 0.3) is 11.2 Å². The Morgan fingerprint density at radius 3 is 3.00 bits per heavy atom. The van der Waals surface area contributed by atoms with Crippen molar-refractivity contribution in [2.24, 2.45) is 0 Å². The molecule has 10 heteroatoms. The Morgan fingerprint density at radius 2 is 2.21 bits per heavy atom. The third-order valence-corrected chi connectivity index (χ3v) is 5.90. The first-order chi connectivity index (χ1) is 11.6. The van der Waals surface area contributed by atoms with E-state index in [0.29, 0.717) is 22.2 Å². The smallest absolute Gasteiger partial charge is 0.167 e. The summed E-state index contributed by atoms with van der Waals surface area (Å²) in [7, 11) is 0. The molecule has 0 radical (unpaired) electrons. The fraction of sp³-hybridized carbons (Fsp3) is 0.643. The van der Waals surface area contributed by atoms with Crippen LogP contribution < -0.4 is 11.1 Å². The van der Waals surface area contributed by atoms with Crippen molar-refractivity contribution in [2.75, 3.05) is 24.6 Å². The van der Waals surface area contributed by atoms with E-state index >= 15 is 0 Å². The van der Waals surface area contributed by atoms with Gasteiger partial charge in [-0.2, -0.15) is 11.8 Å². The second-order valence-corrected chi connectivity index (χ2v) is 7.41. The number of hydrogen-bond acceptors (Lipinski definition) is 9. The fourth-order valence-corrected chi connectivity index (χ4v) is 4.41. The second-order valence-electron chi connectivity index (χ2n) is 6.08. The molecule has 2 fully saturated rings. The molecule has 2 saturated heterocycles. The van der Waals surface area contributed by atoms with Gasteiger partial charge in [-0.15, -0.1) is 0 Å². The molecule has 5 N–H and O–H groups in total. The second kappa shape index (κ2) is 6.45. The number of ether oxygens (including phenoxy) is 1. The van der Waals surface area contributed by atoms with Crippen molar-refractivity contribution >= 4 is 28.7 Å². The molecule has 9 nitrogen and oxygen atoms in total. The Morgan fingerprint density at radius 1 is 1.33 bits per heavy atom. The topological polar surface area (TPSA) is 131 Å². The quantitative estimate of drug-likeness (QED) is 0.554. The summed E-state index contributed by atoms with van der Waals surface area (Å²) in [4.78, 5) is 12.2. The van der Waals surface area contributed by atoms with Crippen molar-refractivity contribution in [1.29, 1.82) is 0 Å². The molecule has 2 aliphatic heterocycles. The van der Waals surface area contributed by atoms with E-state index in [2.05, 4.69) is 20.3 Å². The normalized spacial score (nSPS) is 33.5. The van der Waals surface area contributed by atoms with Crippen LogP contribution in [0.3, 0.4) is 0 Å². The molecule has 0 saturated carbocycles. The highest BCUT2D eigenvalue weighted by molar-refractivity contribution is 8.00. The van der Waals surface area contributed by atoms with E-state index in [9.17, 15) is 10.2 Å². The first kappa shape index (κ1) is 16.0. The number of rotatable bonds is 4. The maximum absolute atomic E-state index is 10.4. The SMILES string of the molecule is Nc1ncnc2c1ncn2[C@@H]1O[C@H](CSC2CCNC2)[C@@H](O)[C@H]1O. The maximum atomic E-state index is 10.4. The lowest BCUT2D eigenvalue weighted by Crippen LogP contribution is -2.33. The molecule has 4 heterocycles. The minimum atomic E-state index is -1.05. The Balaban J connectivity index is 1.51. The number of nitrogens with two attached hydrogens (primary N) is 1. The Bertz CT molecular complexity index is 722. The van der Waals surface area contributed by atoms with Crippen molar-refractivity contribution in [3.8, 4) is 0 Å². The molecular weight excluding hydrogens is 332 g/mol. The average Bonchev–Trinajstić information content (AvgIpc) is 3.28. The number of imidazole rings is 1. The van der Waals surface area contributed by atoms with Gasteiger partial charge in [0.25, 0.3) is 0 Å². The predicted molar refractivity (Wildman–Crippen MR) is 89.4 cm³/mol. The minimum absolute atomic E-state index is 0.271. The van der Waals surface area contributed by atoms with Crippen LogP contribution in [0.5, 0.6) is 0 Å². The average molecular weight is 352 g/mol. The lowest BCUT2D eigenvalue weighted by atomic mass is 10.1. The first-order valence-electron chi connectivity index (χ1n) is 7.92. The summed E-state index contributed by atoms with van der Waals surface area (Å²) in [6.45, 7) is 2.00. The minimum Gasteiger partial charge on any atom is -0.387 e. The van der Waals surface area contributed by atoms with Gasteiger partial charge in [0.05, 0.1) is 12.4 Å². The molecule has 0 bridgehead atoms. The summed E-state index contributed by atoms with van der Waals surface area (Å²) in [6.07, 6.45) is 0.779. The molecule has 2 aromatic rings. The van der Waals surface area contributed by atoms with Crippen molar-refractivity contribution in [2.45, 2.75) is 36.2 Å². The van der Waals surface area contributed by atoms with Gasteiger partial charge >= 0.3 is 0 Å². The number of thioether (sulfide) groups is 1. The Hall–Kier alpha value is -1.46. The van der Waals surface area contributed by atoms with Crippen LogP contribution in [0.1, 0.15) is 12.6 Å². The van der Waals surface area contributed by atoms with Gasteiger partial charge in [-0.1, -0.05) is 0 Å². The summed E-state index contributed by atoms with van der Waals surface area (Å²) >= 11 is 1.76. The van der Waals surface area contributed by atoms with E-state index in [0.717, 1.165) is 19.5 Å². The molecule has 4 rings (SSSR count). The molecule has 2 aliphatic rings. The van der Waals surface area contributed by atoms with E-state index in [4.69, 9.17) is 10.5 Å². The molecule has 5 atom stereocenters. The first-order valence-corrected chi connectivity index (χ1v) is 8.97. The summed E-state index contributed by atoms with van der Waals surface area (Å²) in [5, 5.41) is 24.6. The Kier molecular flexibility index (Phi) is 4.31. The number of nitrogens with one attached hydrogen (secondary N) is 1. The standard InChI is InChI=1S/C14H20N6O3S/c15-12-9-13(18-5-17-12)20(6-19-9)14-11(22)10(21)8(23-14)4-24-7-1-2-16-3-7/h5-8,10-11,14,16,21-22H,1-4H2,(H2,15,17,18)/t7?,8-,10-,11-,14-/m1/s1. The molecule has 0 spiro atoms. The van der Waals surface area contributed by atoms with E-state index < -0.39 is 24.5 Å². The number of fused-ring (bicyclic) bond motifs is 1. The monoisotopic (exact) mass is 352 g/mol. The lowest BCUT2D eigenvalue weighted by molar-refractivity contribution is -0.0289. The molecular formula is C14H20N6O3S. The summed E-state index contributed by atoms with van der Waals surface area (Å²) in [5.41, 5.74) is 6.72. The van der Waals surface area contributed by atoms with Crippen molar-refractivity contribution in [1.82, 2.24) is 24.8 Å². The largest absolute Gasteiger partial charge is 0.387 e. The number of hydrogen-bond donors (Lipinski definition) is 4. The van der Waals surface area contributed by atoms with Gasteiger partial charge in [0.2, 0.25) is 0 Å². The van der Waals surface area contributed by atoms with Crippen LogP contribution in [-0.2, 0) is 4.74 Å². The highest BCUT2D eigenvalue weighted by Gasteiger charge is 2.44. The zero-order chi connectivity index (χ0) is 16.7. The van der Waals surface area contributed by atoms with Crippen LogP contribution in [0.4, 0.5) is 5.82 Å². The molecule has 2 aromatic heterocycles. The number of nitrogen functional groups attached to an aromatic ring is 1. The number of aromatic nitrogens is 4. The van der Waals surface area contributed by atoms with E-state index in [1.807, 2.05) is 0 Å². The third-order valence-electron chi connectivity index (χ3n) is 4.51. The molecule has 24 heavy (non-hydrogen) atoms. The summed E-state index contributed by atoms with van der Waals surface area (Å²) in [5.74, 6) is 0.901. The van der Waals surface area contributed by atoms with Crippen molar-refractivity contribution in [3.05, 3.63) is 12.7 Å². The molecule has 0 amide bonds. The van der Waals surface area contributed by atoms with Gasteiger partial charge in [0.1, 0.15) is 24.1 Å². The van der Waals surface area contributed by atoms with Gasteiger partial charge in [-0.25, -0.2) is 15.0 Å². The van der Waals surface area contributed by atoms with Crippen molar-refractivity contribution < 1.29 is 14.9 Å². The summed E-state index contributed by atoms with van der Waals surface area (Å²) in [6, 6.07) is 0. The van der Waals surface area contributed by atoms with Crippen LogP contribution in [0.2, 0.25) is 0 Å². The number of anilines is 1. The van der Waals surface area contributed by atoms with E-state index in [1.165, 1.54) is 12.7 Å². The zero-order valence-corrected chi connectivity index (χ0v) is 13.8. The molecule has 130 valence electrons. The van der Waals surface area contributed by atoms with Crippen LogP contribution >= 0.6 is 11.8 Å². The molecule has 0 aromatic carbocycles. The fourth-order valence-electron chi connectivity index (χ4n) is 3.15. The van der Waals surface area contributed by atoms with Crippen LogP contribution in [-0.4, -0.2) is 72.1 Å².